The highest BCUT2D eigenvalue weighted by Crippen LogP contribution is 2.29. The Kier molecular flexibility index (Phi) is 6.82. The van der Waals surface area contributed by atoms with E-state index in [0.717, 1.165) is 61.2 Å². The predicted octanol–water partition coefficient (Wildman–Crippen LogP) is 4.45. The number of para-hydroxylation sites is 1. The highest BCUT2D eigenvalue weighted by Gasteiger charge is 2.29. The van der Waals surface area contributed by atoms with Gasteiger partial charge in [-0.15, -0.1) is 0 Å². The molecule has 2 atom stereocenters. The Hall–Kier alpha value is -3.25. The Balaban J connectivity index is 1.38. The van der Waals surface area contributed by atoms with Gasteiger partial charge in [0.2, 0.25) is 0 Å². The SMILES string of the molecule is CC1CC(C)CN(C(=O)COC(=O)c2c3c(nc4ccccc24)CCN(Cc2ccccc2)C3)C1. The summed E-state index contributed by atoms with van der Waals surface area (Å²) in [4.78, 5) is 35.4. The van der Waals surface area contributed by atoms with Crippen LogP contribution in [0.4, 0.5) is 0 Å². The van der Waals surface area contributed by atoms with Crippen molar-refractivity contribution in [3.05, 3.63) is 77.0 Å². The fraction of sp³-hybridized carbons (Fsp3) is 0.414. The van der Waals surface area contributed by atoms with Crippen LogP contribution in [-0.2, 0) is 29.0 Å². The number of esters is 1. The lowest BCUT2D eigenvalue weighted by molar-refractivity contribution is -0.137. The topological polar surface area (TPSA) is 62.7 Å². The molecule has 1 fully saturated rings. The van der Waals surface area contributed by atoms with Gasteiger partial charge in [-0.3, -0.25) is 14.7 Å². The zero-order chi connectivity index (χ0) is 24.4. The number of ether oxygens (including phenoxy) is 1. The van der Waals surface area contributed by atoms with Gasteiger partial charge < -0.3 is 9.64 Å². The second-order valence-corrected chi connectivity index (χ2v) is 10.2. The van der Waals surface area contributed by atoms with Crippen molar-refractivity contribution in [2.24, 2.45) is 11.8 Å². The van der Waals surface area contributed by atoms with Crippen LogP contribution in [0.15, 0.2) is 54.6 Å². The van der Waals surface area contributed by atoms with Crippen molar-refractivity contribution >= 4 is 22.8 Å². The number of benzene rings is 2. The maximum Gasteiger partial charge on any atom is 0.339 e. The molecule has 3 aromatic rings. The molecule has 5 rings (SSSR count). The maximum atomic E-state index is 13.5. The van der Waals surface area contributed by atoms with Crippen LogP contribution >= 0.6 is 0 Å². The zero-order valence-corrected chi connectivity index (χ0v) is 20.6. The molecule has 2 unspecified atom stereocenters. The van der Waals surface area contributed by atoms with Gasteiger partial charge in [-0.1, -0.05) is 62.4 Å². The summed E-state index contributed by atoms with van der Waals surface area (Å²) >= 11 is 0. The molecule has 0 N–H and O–H groups in total. The molecule has 0 radical (unpaired) electrons. The van der Waals surface area contributed by atoms with Gasteiger partial charge >= 0.3 is 5.97 Å². The summed E-state index contributed by atoms with van der Waals surface area (Å²) in [5.74, 6) is 0.373. The lowest BCUT2D eigenvalue weighted by atomic mass is 9.92. The molecule has 2 aliphatic heterocycles. The lowest BCUT2D eigenvalue weighted by Gasteiger charge is -2.34. The van der Waals surface area contributed by atoms with Gasteiger partial charge in [0.15, 0.2) is 6.61 Å². The molecule has 0 aliphatic carbocycles. The molecular formula is C29H33N3O3. The summed E-state index contributed by atoms with van der Waals surface area (Å²) in [6.07, 6.45) is 1.90. The van der Waals surface area contributed by atoms with Crippen LogP contribution in [0.3, 0.4) is 0 Å². The van der Waals surface area contributed by atoms with Gasteiger partial charge in [-0.05, 0) is 29.9 Å². The lowest BCUT2D eigenvalue weighted by Crippen LogP contribution is -2.44. The summed E-state index contributed by atoms with van der Waals surface area (Å²) in [6, 6.07) is 18.1. The first kappa shape index (κ1) is 23.5. The molecule has 0 saturated carbocycles. The Labute approximate surface area is 206 Å². The van der Waals surface area contributed by atoms with Crippen molar-refractivity contribution in [1.82, 2.24) is 14.8 Å². The molecule has 2 aliphatic rings. The molecule has 6 nitrogen and oxygen atoms in total. The van der Waals surface area contributed by atoms with Crippen molar-refractivity contribution in [2.45, 2.75) is 39.8 Å². The molecule has 1 aromatic heterocycles. The van der Waals surface area contributed by atoms with E-state index in [0.29, 0.717) is 23.9 Å². The molecule has 182 valence electrons. The first-order valence-corrected chi connectivity index (χ1v) is 12.6. The van der Waals surface area contributed by atoms with Gasteiger partial charge in [0, 0.05) is 55.8 Å². The fourth-order valence-electron chi connectivity index (χ4n) is 5.61. The van der Waals surface area contributed by atoms with Crippen molar-refractivity contribution in [1.29, 1.82) is 0 Å². The quantitative estimate of drug-likeness (QED) is 0.515. The Bertz CT molecular complexity index is 1220. The Morgan fingerprint density at radius 2 is 1.71 bits per heavy atom. The van der Waals surface area contributed by atoms with E-state index in [4.69, 9.17) is 9.72 Å². The van der Waals surface area contributed by atoms with Crippen LogP contribution in [0.5, 0.6) is 0 Å². The number of carbonyl (C=O) groups is 2. The zero-order valence-electron chi connectivity index (χ0n) is 20.6. The summed E-state index contributed by atoms with van der Waals surface area (Å²) in [5, 5.41) is 0.783. The van der Waals surface area contributed by atoms with Gasteiger partial charge in [0.25, 0.3) is 5.91 Å². The molecule has 35 heavy (non-hydrogen) atoms. The van der Waals surface area contributed by atoms with Crippen LogP contribution in [0.2, 0.25) is 0 Å². The average molecular weight is 472 g/mol. The third-order valence-corrected chi connectivity index (χ3v) is 7.13. The van der Waals surface area contributed by atoms with Crippen LogP contribution in [0.25, 0.3) is 10.9 Å². The number of carbonyl (C=O) groups excluding carboxylic acids is 2. The van der Waals surface area contributed by atoms with Crippen molar-refractivity contribution < 1.29 is 14.3 Å². The molecule has 2 aromatic carbocycles. The number of rotatable bonds is 5. The second-order valence-electron chi connectivity index (χ2n) is 10.2. The summed E-state index contributed by atoms with van der Waals surface area (Å²) in [7, 11) is 0. The van der Waals surface area contributed by atoms with E-state index < -0.39 is 5.97 Å². The van der Waals surface area contributed by atoms with E-state index in [2.05, 4.69) is 30.9 Å². The first-order valence-electron chi connectivity index (χ1n) is 12.6. The smallest absolute Gasteiger partial charge is 0.339 e. The van der Waals surface area contributed by atoms with E-state index in [1.807, 2.05) is 47.4 Å². The number of piperidine rings is 1. The molecule has 0 bridgehead atoms. The van der Waals surface area contributed by atoms with E-state index in [9.17, 15) is 9.59 Å². The van der Waals surface area contributed by atoms with E-state index >= 15 is 0 Å². The van der Waals surface area contributed by atoms with Gasteiger partial charge in [-0.25, -0.2) is 4.79 Å². The maximum absolute atomic E-state index is 13.5. The minimum atomic E-state index is -0.437. The van der Waals surface area contributed by atoms with Crippen LogP contribution in [-0.4, -0.2) is 52.9 Å². The molecular weight excluding hydrogens is 438 g/mol. The number of aromatic nitrogens is 1. The number of fused-ring (bicyclic) bond motifs is 2. The molecule has 1 amide bonds. The second kappa shape index (κ2) is 10.2. The highest BCUT2D eigenvalue weighted by atomic mass is 16.5. The fourth-order valence-corrected chi connectivity index (χ4v) is 5.61. The van der Waals surface area contributed by atoms with Gasteiger partial charge in [-0.2, -0.15) is 0 Å². The van der Waals surface area contributed by atoms with Crippen LogP contribution < -0.4 is 0 Å². The summed E-state index contributed by atoms with van der Waals surface area (Å²) < 4.78 is 5.66. The molecule has 6 heteroatoms. The number of hydrogen-bond acceptors (Lipinski definition) is 5. The largest absolute Gasteiger partial charge is 0.452 e. The first-order chi connectivity index (χ1) is 17.0. The minimum absolute atomic E-state index is 0.116. The summed E-state index contributed by atoms with van der Waals surface area (Å²) in [5.41, 5.74) is 4.45. The number of hydrogen-bond donors (Lipinski definition) is 0. The molecule has 3 heterocycles. The third kappa shape index (κ3) is 5.22. The van der Waals surface area contributed by atoms with E-state index in [-0.39, 0.29) is 12.5 Å². The molecule has 0 spiro atoms. The Morgan fingerprint density at radius 1 is 1.00 bits per heavy atom. The summed E-state index contributed by atoms with van der Waals surface area (Å²) in [6.45, 7) is 7.87. The monoisotopic (exact) mass is 471 g/mol. The minimum Gasteiger partial charge on any atom is -0.452 e. The highest BCUT2D eigenvalue weighted by molar-refractivity contribution is 6.05. The number of likely N-dealkylation sites (tertiary alicyclic amines) is 1. The van der Waals surface area contributed by atoms with Crippen LogP contribution in [0, 0.1) is 11.8 Å². The predicted molar refractivity (Wildman–Crippen MR) is 136 cm³/mol. The normalized spacial score (nSPS) is 20.5. The van der Waals surface area contributed by atoms with Gasteiger partial charge in [0.1, 0.15) is 0 Å². The average Bonchev–Trinajstić information content (AvgIpc) is 2.85. The molecule has 1 saturated heterocycles. The van der Waals surface area contributed by atoms with Gasteiger partial charge in [0.05, 0.1) is 11.1 Å². The van der Waals surface area contributed by atoms with Crippen molar-refractivity contribution in [3.63, 3.8) is 0 Å². The Morgan fingerprint density at radius 3 is 2.49 bits per heavy atom. The van der Waals surface area contributed by atoms with Crippen molar-refractivity contribution in [3.8, 4) is 0 Å². The van der Waals surface area contributed by atoms with Crippen LogP contribution in [0.1, 0.15) is 47.4 Å². The standard InChI is InChI=1S/C29H33N3O3/c1-20-14-21(2)16-32(15-20)27(33)19-35-29(34)28-23-10-6-7-11-25(23)30-26-12-13-31(18-24(26)28)17-22-8-4-3-5-9-22/h3-11,20-21H,12-19H2,1-2H3. The third-order valence-electron chi connectivity index (χ3n) is 7.13. The van der Waals surface area contributed by atoms with E-state index in [1.54, 1.807) is 0 Å². The number of amides is 1. The van der Waals surface area contributed by atoms with Crippen molar-refractivity contribution in [2.75, 3.05) is 26.2 Å². The number of nitrogens with zero attached hydrogens (tertiary/aromatic N) is 3. The number of pyridine rings is 1. The van der Waals surface area contributed by atoms with E-state index in [1.165, 1.54) is 5.56 Å².